The van der Waals surface area contributed by atoms with E-state index in [1.54, 1.807) is 11.8 Å². The minimum Gasteiger partial charge on any atom is -0.456 e. The molecule has 1 aromatic heterocycles. The largest absolute Gasteiger partial charge is 0.456 e. The number of fused-ring (bicyclic) bond motifs is 3. The van der Waals surface area contributed by atoms with Crippen molar-refractivity contribution in [2.45, 2.75) is 10.6 Å². The van der Waals surface area contributed by atoms with Crippen LogP contribution in [0.4, 0.5) is 5.69 Å². The SMILES string of the molecule is O=C(Nc1ccc2c(c1)oc1ccccc12)c1ccc(CSc2ccccc2)cc1. The smallest absolute Gasteiger partial charge is 0.255 e. The van der Waals surface area contributed by atoms with Gasteiger partial charge in [0.1, 0.15) is 11.2 Å². The number of hydrogen-bond donors (Lipinski definition) is 1. The normalized spacial score (nSPS) is 11.1. The van der Waals surface area contributed by atoms with Crippen molar-refractivity contribution in [1.29, 1.82) is 0 Å². The van der Waals surface area contributed by atoms with Gasteiger partial charge in [-0.05, 0) is 48.0 Å². The highest BCUT2D eigenvalue weighted by Crippen LogP contribution is 2.30. The molecule has 0 aliphatic heterocycles. The van der Waals surface area contributed by atoms with E-state index in [4.69, 9.17) is 4.42 Å². The molecule has 0 aliphatic rings. The highest BCUT2D eigenvalue weighted by Gasteiger charge is 2.10. The molecule has 0 saturated heterocycles. The van der Waals surface area contributed by atoms with Crippen molar-refractivity contribution in [1.82, 2.24) is 0 Å². The Bertz CT molecular complexity index is 1320. The van der Waals surface area contributed by atoms with Crippen LogP contribution in [-0.4, -0.2) is 5.91 Å². The molecule has 5 rings (SSSR count). The fourth-order valence-corrected chi connectivity index (χ4v) is 4.32. The summed E-state index contributed by atoms with van der Waals surface area (Å²) < 4.78 is 5.91. The first-order chi connectivity index (χ1) is 14.8. The number of rotatable bonds is 5. The molecule has 3 nitrogen and oxygen atoms in total. The Balaban J connectivity index is 1.28. The van der Waals surface area contributed by atoms with Gasteiger partial charge in [-0.2, -0.15) is 0 Å². The molecule has 5 aromatic rings. The number of amides is 1. The number of para-hydroxylation sites is 1. The standard InChI is InChI=1S/C26H19NO2S/c28-26(19-12-10-18(11-13-19)17-30-21-6-2-1-3-7-21)27-20-14-15-23-22-8-4-5-9-24(22)29-25(23)16-20/h1-16H,17H2,(H,27,28). The maximum absolute atomic E-state index is 12.7. The predicted molar refractivity (Wildman–Crippen MR) is 124 cm³/mol. The van der Waals surface area contributed by atoms with Crippen LogP contribution in [-0.2, 0) is 5.75 Å². The Morgan fingerprint density at radius 1 is 0.767 bits per heavy atom. The monoisotopic (exact) mass is 409 g/mol. The van der Waals surface area contributed by atoms with Crippen LogP contribution in [0.1, 0.15) is 15.9 Å². The second-order valence-electron chi connectivity index (χ2n) is 7.06. The summed E-state index contributed by atoms with van der Waals surface area (Å²) in [5, 5.41) is 5.09. The van der Waals surface area contributed by atoms with Crippen LogP contribution in [0.3, 0.4) is 0 Å². The second-order valence-corrected chi connectivity index (χ2v) is 8.11. The Hall–Kier alpha value is -3.50. The van der Waals surface area contributed by atoms with Crippen LogP contribution < -0.4 is 5.32 Å². The Kier molecular flexibility index (Phi) is 4.99. The molecule has 30 heavy (non-hydrogen) atoms. The Labute approximate surface area is 178 Å². The summed E-state index contributed by atoms with van der Waals surface area (Å²) in [5.41, 5.74) is 4.15. The fraction of sp³-hybridized carbons (Fsp3) is 0.0385. The van der Waals surface area contributed by atoms with Crippen molar-refractivity contribution in [2.24, 2.45) is 0 Å². The summed E-state index contributed by atoms with van der Waals surface area (Å²) in [6.07, 6.45) is 0. The van der Waals surface area contributed by atoms with E-state index in [1.165, 1.54) is 10.5 Å². The lowest BCUT2D eigenvalue weighted by Gasteiger charge is -2.07. The molecule has 4 aromatic carbocycles. The van der Waals surface area contributed by atoms with Crippen molar-refractivity contribution in [3.05, 3.63) is 108 Å². The molecule has 0 radical (unpaired) electrons. The van der Waals surface area contributed by atoms with Gasteiger partial charge in [0.2, 0.25) is 0 Å². The van der Waals surface area contributed by atoms with Gasteiger partial charge >= 0.3 is 0 Å². The zero-order chi connectivity index (χ0) is 20.3. The first-order valence-electron chi connectivity index (χ1n) is 9.76. The van der Waals surface area contributed by atoms with Crippen LogP contribution in [0.5, 0.6) is 0 Å². The molecule has 0 atom stereocenters. The summed E-state index contributed by atoms with van der Waals surface area (Å²) in [5.74, 6) is 0.738. The summed E-state index contributed by atoms with van der Waals surface area (Å²) in [6, 6.07) is 31.8. The van der Waals surface area contributed by atoms with Gasteiger partial charge in [0.15, 0.2) is 0 Å². The first kappa shape index (κ1) is 18.5. The zero-order valence-corrected chi connectivity index (χ0v) is 17.0. The highest BCUT2D eigenvalue weighted by atomic mass is 32.2. The molecule has 0 bridgehead atoms. The topological polar surface area (TPSA) is 42.2 Å². The quantitative estimate of drug-likeness (QED) is 0.314. The number of nitrogens with one attached hydrogen (secondary N) is 1. The van der Waals surface area contributed by atoms with Crippen molar-refractivity contribution in [3.8, 4) is 0 Å². The van der Waals surface area contributed by atoms with E-state index in [1.807, 2.05) is 84.9 Å². The van der Waals surface area contributed by atoms with Crippen LogP contribution >= 0.6 is 11.8 Å². The molecule has 0 saturated carbocycles. The van der Waals surface area contributed by atoms with Crippen molar-refractivity contribution >= 4 is 45.3 Å². The van der Waals surface area contributed by atoms with E-state index >= 15 is 0 Å². The zero-order valence-electron chi connectivity index (χ0n) is 16.2. The van der Waals surface area contributed by atoms with Gasteiger partial charge in [-0.25, -0.2) is 0 Å². The van der Waals surface area contributed by atoms with E-state index in [0.717, 1.165) is 33.4 Å². The van der Waals surface area contributed by atoms with E-state index in [-0.39, 0.29) is 5.91 Å². The summed E-state index contributed by atoms with van der Waals surface area (Å²) in [6.45, 7) is 0. The van der Waals surface area contributed by atoms with Crippen molar-refractivity contribution < 1.29 is 9.21 Å². The fourth-order valence-electron chi connectivity index (χ4n) is 3.44. The molecular formula is C26H19NO2S. The molecule has 1 heterocycles. The average Bonchev–Trinajstić information content (AvgIpc) is 3.16. The maximum atomic E-state index is 12.7. The summed E-state index contributed by atoms with van der Waals surface area (Å²) >= 11 is 1.78. The lowest BCUT2D eigenvalue weighted by molar-refractivity contribution is 0.102. The Morgan fingerprint density at radius 3 is 2.33 bits per heavy atom. The molecule has 0 aliphatic carbocycles. The Morgan fingerprint density at radius 2 is 1.50 bits per heavy atom. The molecule has 146 valence electrons. The number of anilines is 1. The van der Waals surface area contributed by atoms with Crippen molar-refractivity contribution in [2.75, 3.05) is 5.32 Å². The minimum absolute atomic E-state index is 0.132. The van der Waals surface area contributed by atoms with Crippen LogP contribution in [0, 0.1) is 0 Å². The molecule has 1 N–H and O–H groups in total. The molecule has 0 unspecified atom stereocenters. The molecule has 0 fully saturated rings. The second kappa shape index (κ2) is 8.09. The van der Waals surface area contributed by atoms with Gasteiger partial charge in [-0.1, -0.05) is 48.5 Å². The lowest BCUT2D eigenvalue weighted by atomic mass is 10.1. The molecular weight excluding hydrogens is 390 g/mol. The molecule has 0 spiro atoms. The van der Waals surface area contributed by atoms with Gasteiger partial charge in [0.05, 0.1) is 0 Å². The highest BCUT2D eigenvalue weighted by molar-refractivity contribution is 7.98. The van der Waals surface area contributed by atoms with Gasteiger partial charge in [-0.15, -0.1) is 11.8 Å². The number of hydrogen-bond acceptors (Lipinski definition) is 3. The van der Waals surface area contributed by atoms with E-state index in [2.05, 4.69) is 17.4 Å². The minimum atomic E-state index is -0.132. The van der Waals surface area contributed by atoms with Crippen LogP contribution in [0.15, 0.2) is 106 Å². The summed E-state index contributed by atoms with van der Waals surface area (Å²) in [4.78, 5) is 13.9. The van der Waals surface area contributed by atoms with Gasteiger partial charge < -0.3 is 9.73 Å². The number of carbonyl (C=O) groups is 1. The van der Waals surface area contributed by atoms with Gasteiger partial charge in [-0.3, -0.25) is 4.79 Å². The number of carbonyl (C=O) groups excluding carboxylic acids is 1. The summed E-state index contributed by atoms with van der Waals surface area (Å²) in [7, 11) is 0. The van der Waals surface area contributed by atoms with Crippen LogP contribution in [0.2, 0.25) is 0 Å². The third-order valence-electron chi connectivity index (χ3n) is 5.00. The molecule has 1 amide bonds. The lowest BCUT2D eigenvalue weighted by Crippen LogP contribution is -2.11. The number of benzene rings is 4. The number of thioether (sulfide) groups is 1. The van der Waals surface area contributed by atoms with E-state index in [9.17, 15) is 4.79 Å². The van der Waals surface area contributed by atoms with E-state index in [0.29, 0.717) is 5.56 Å². The third-order valence-corrected chi connectivity index (χ3v) is 6.08. The average molecular weight is 410 g/mol. The van der Waals surface area contributed by atoms with Crippen LogP contribution in [0.25, 0.3) is 21.9 Å². The van der Waals surface area contributed by atoms with Gasteiger partial charge in [0.25, 0.3) is 5.91 Å². The molecule has 4 heteroatoms. The van der Waals surface area contributed by atoms with Crippen molar-refractivity contribution in [3.63, 3.8) is 0 Å². The van der Waals surface area contributed by atoms with E-state index < -0.39 is 0 Å². The number of furan rings is 1. The third kappa shape index (κ3) is 3.82. The first-order valence-corrected chi connectivity index (χ1v) is 10.7. The maximum Gasteiger partial charge on any atom is 0.255 e. The predicted octanol–water partition coefficient (Wildman–Crippen LogP) is 7.13. The van der Waals surface area contributed by atoms with Gasteiger partial charge in [0, 0.05) is 38.7 Å².